The van der Waals surface area contributed by atoms with E-state index in [1.54, 1.807) is 18.2 Å². The highest BCUT2D eigenvalue weighted by atomic mass is 79.9. The van der Waals surface area contributed by atoms with E-state index in [1.165, 1.54) is 24.3 Å². The van der Waals surface area contributed by atoms with Gasteiger partial charge in [0.2, 0.25) is 5.91 Å². The molecule has 0 radical (unpaired) electrons. The summed E-state index contributed by atoms with van der Waals surface area (Å²) < 4.78 is 0.940. The molecule has 0 saturated heterocycles. The second-order valence-corrected chi connectivity index (χ2v) is 5.55. The first-order valence-corrected chi connectivity index (χ1v) is 7.24. The number of halogens is 1. The summed E-state index contributed by atoms with van der Waals surface area (Å²) in [5.41, 5.74) is 2.24. The van der Waals surface area contributed by atoms with E-state index in [0.29, 0.717) is 5.56 Å². The molecule has 0 saturated carbocycles. The molecule has 5 nitrogen and oxygen atoms in total. The van der Waals surface area contributed by atoms with E-state index in [-0.39, 0.29) is 11.6 Å². The normalized spacial score (nSPS) is 10.6. The number of benzene rings is 2. The van der Waals surface area contributed by atoms with Crippen LogP contribution in [0.4, 0.5) is 11.4 Å². The second-order valence-electron chi connectivity index (χ2n) is 4.63. The summed E-state index contributed by atoms with van der Waals surface area (Å²) in [5.74, 6) is -0.295. The van der Waals surface area contributed by atoms with Crippen molar-refractivity contribution >= 4 is 39.3 Å². The van der Waals surface area contributed by atoms with Gasteiger partial charge in [-0.3, -0.25) is 14.9 Å². The number of nitro groups is 1. The molecule has 0 bridgehead atoms. The fourth-order valence-corrected chi connectivity index (χ4v) is 2.33. The molecule has 2 rings (SSSR count). The number of non-ortho nitro benzene ring substituents is 1. The topological polar surface area (TPSA) is 72.2 Å². The van der Waals surface area contributed by atoms with E-state index in [4.69, 9.17) is 0 Å². The summed E-state index contributed by atoms with van der Waals surface area (Å²) in [7, 11) is 0. The fraction of sp³-hybridized carbons (Fsp3) is 0.0625. The van der Waals surface area contributed by atoms with Crippen LogP contribution in [0.15, 0.2) is 53.0 Å². The van der Waals surface area contributed by atoms with Crippen LogP contribution in [-0.2, 0) is 4.79 Å². The Bertz CT molecular complexity index is 757. The van der Waals surface area contributed by atoms with Gasteiger partial charge in [0.05, 0.1) is 4.92 Å². The first-order chi connectivity index (χ1) is 10.5. The summed E-state index contributed by atoms with van der Waals surface area (Å²) in [5, 5.41) is 13.5. The fourth-order valence-electron chi connectivity index (χ4n) is 1.86. The second kappa shape index (κ2) is 7.00. The smallest absolute Gasteiger partial charge is 0.270 e. The maximum absolute atomic E-state index is 11.9. The van der Waals surface area contributed by atoms with Crippen LogP contribution >= 0.6 is 15.9 Å². The van der Waals surface area contributed by atoms with Gasteiger partial charge >= 0.3 is 0 Å². The third-order valence-corrected chi connectivity index (χ3v) is 3.45. The first kappa shape index (κ1) is 15.9. The molecule has 6 heteroatoms. The Labute approximate surface area is 135 Å². The number of hydrogen-bond acceptors (Lipinski definition) is 3. The molecule has 0 unspecified atom stereocenters. The van der Waals surface area contributed by atoms with Gasteiger partial charge in [0, 0.05) is 28.4 Å². The molecule has 0 atom stereocenters. The molecule has 0 aliphatic heterocycles. The summed E-state index contributed by atoms with van der Waals surface area (Å²) in [6, 6.07) is 11.6. The van der Waals surface area contributed by atoms with E-state index in [2.05, 4.69) is 21.2 Å². The van der Waals surface area contributed by atoms with Gasteiger partial charge in [0.25, 0.3) is 5.69 Å². The molecule has 112 valence electrons. The Morgan fingerprint density at radius 3 is 2.73 bits per heavy atom. The lowest BCUT2D eigenvalue weighted by atomic mass is 10.2. The average Bonchev–Trinajstić information content (AvgIpc) is 2.48. The number of anilines is 1. The summed E-state index contributed by atoms with van der Waals surface area (Å²) in [4.78, 5) is 22.1. The van der Waals surface area contributed by atoms with Gasteiger partial charge in [-0.2, -0.15) is 0 Å². The van der Waals surface area contributed by atoms with Gasteiger partial charge < -0.3 is 5.32 Å². The zero-order chi connectivity index (χ0) is 16.1. The van der Waals surface area contributed by atoms with Crippen LogP contribution in [0.1, 0.15) is 11.1 Å². The maximum atomic E-state index is 11.9. The highest BCUT2D eigenvalue weighted by Gasteiger charge is 2.05. The molecule has 0 aromatic heterocycles. The molecular weight excluding hydrogens is 348 g/mol. The number of aryl methyl sites for hydroxylation is 1. The molecule has 1 N–H and O–H groups in total. The number of nitro benzene ring substituents is 1. The number of amides is 1. The highest BCUT2D eigenvalue weighted by Crippen LogP contribution is 2.20. The number of carbonyl (C=O) groups is 1. The number of carbonyl (C=O) groups excluding carboxylic acids is 1. The molecule has 0 aliphatic carbocycles. The van der Waals surface area contributed by atoms with Gasteiger partial charge in [-0.25, -0.2) is 0 Å². The van der Waals surface area contributed by atoms with Crippen molar-refractivity contribution in [2.45, 2.75) is 6.92 Å². The van der Waals surface area contributed by atoms with E-state index < -0.39 is 4.92 Å². The van der Waals surface area contributed by atoms with Crippen molar-refractivity contribution < 1.29 is 9.72 Å². The summed E-state index contributed by atoms with van der Waals surface area (Å²) in [6.45, 7) is 1.89. The van der Waals surface area contributed by atoms with Crippen molar-refractivity contribution in [3.05, 3.63) is 74.3 Å². The van der Waals surface area contributed by atoms with Gasteiger partial charge in [-0.05, 0) is 42.3 Å². The van der Waals surface area contributed by atoms with Crippen LogP contribution < -0.4 is 5.32 Å². The Hall–Kier alpha value is -2.47. The van der Waals surface area contributed by atoms with E-state index in [0.717, 1.165) is 15.7 Å². The Morgan fingerprint density at radius 2 is 2.05 bits per heavy atom. The molecule has 1 amide bonds. The standard InChI is InChI=1S/C16H13BrN2O3/c1-11-9-13(17)6-7-15(11)18-16(20)8-5-12-3-2-4-14(10-12)19(21)22/h2-10H,1H3,(H,18,20)/b8-5-. The molecule has 0 aliphatic rings. The maximum Gasteiger partial charge on any atom is 0.270 e. The molecule has 22 heavy (non-hydrogen) atoms. The molecule has 0 spiro atoms. The lowest BCUT2D eigenvalue weighted by molar-refractivity contribution is -0.384. The molecule has 0 fully saturated rings. The predicted molar refractivity (Wildman–Crippen MR) is 89.6 cm³/mol. The lowest BCUT2D eigenvalue weighted by Crippen LogP contribution is -2.08. The van der Waals surface area contributed by atoms with Gasteiger partial charge in [-0.1, -0.05) is 28.1 Å². The van der Waals surface area contributed by atoms with Crippen molar-refractivity contribution in [1.82, 2.24) is 0 Å². The van der Waals surface area contributed by atoms with Crippen LogP contribution in [0.5, 0.6) is 0 Å². The van der Waals surface area contributed by atoms with E-state index in [9.17, 15) is 14.9 Å². The van der Waals surface area contributed by atoms with Crippen LogP contribution in [-0.4, -0.2) is 10.8 Å². The minimum Gasteiger partial charge on any atom is -0.322 e. The average molecular weight is 361 g/mol. The Kier molecular flexibility index (Phi) is 5.06. The largest absolute Gasteiger partial charge is 0.322 e. The van der Waals surface area contributed by atoms with Crippen molar-refractivity contribution in [3.8, 4) is 0 Å². The Morgan fingerprint density at radius 1 is 1.27 bits per heavy atom. The van der Waals surface area contributed by atoms with Crippen molar-refractivity contribution in [1.29, 1.82) is 0 Å². The lowest BCUT2D eigenvalue weighted by Gasteiger charge is -2.06. The molecule has 0 heterocycles. The zero-order valence-electron chi connectivity index (χ0n) is 11.7. The monoisotopic (exact) mass is 360 g/mol. The number of nitrogens with one attached hydrogen (secondary N) is 1. The van der Waals surface area contributed by atoms with Crippen LogP contribution in [0, 0.1) is 17.0 Å². The van der Waals surface area contributed by atoms with E-state index in [1.807, 2.05) is 19.1 Å². The van der Waals surface area contributed by atoms with Crippen LogP contribution in [0.3, 0.4) is 0 Å². The SMILES string of the molecule is Cc1cc(Br)ccc1NC(=O)/C=C\c1cccc([N+](=O)[O-])c1. The Balaban J connectivity index is 2.08. The summed E-state index contributed by atoms with van der Waals surface area (Å²) in [6.07, 6.45) is 2.89. The van der Waals surface area contributed by atoms with Crippen LogP contribution in [0.2, 0.25) is 0 Å². The van der Waals surface area contributed by atoms with Crippen molar-refractivity contribution in [3.63, 3.8) is 0 Å². The first-order valence-electron chi connectivity index (χ1n) is 6.45. The number of hydrogen-bond donors (Lipinski definition) is 1. The summed E-state index contributed by atoms with van der Waals surface area (Å²) >= 11 is 3.36. The predicted octanol–water partition coefficient (Wildman–Crippen LogP) is 4.32. The van der Waals surface area contributed by atoms with E-state index >= 15 is 0 Å². The molecular formula is C16H13BrN2O3. The van der Waals surface area contributed by atoms with Gasteiger partial charge in [0.15, 0.2) is 0 Å². The number of rotatable bonds is 4. The van der Waals surface area contributed by atoms with Gasteiger partial charge in [-0.15, -0.1) is 0 Å². The minimum absolute atomic E-state index is 0.00804. The third kappa shape index (κ3) is 4.26. The molecule has 2 aromatic carbocycles. The number of nitrogens with zero attached hydrogens (tertiary/aromatic N) is 1. The highest BCUT2D eigenvalue weighted by molar-refractivity contribution is 9.10. The van der Waals surface area contributed by atoms with Crippen molar-refractivity contribution in [2.75, 3.05) is 5.32 Å². The van der Waals surface area contributed by atoms with Crippen molar-refractivity contribution in [2.24, 2.45) is 0 Å². The molecule has 2 aromatic rings. The zero-order valence-corrected chi connectivity index (χ0v) is 13.3. The minimum atomic E-state index is -0.470. The van der Waals surface area contributed by atoms with Gasteiger partial charge in [0.1, 0.15) is 0 Å². The third-order valence-electron chi connectivity index (χ3n) is 2.95. The van der Waals surface area contributed by atoms with Crippen LogP contribution in [0.25, 0.3) is 6.08 Å². The quantitative estimate of drug-likeness (QED) is 0.501.